The summed E-state index contributed by atoms with van der Waals surface area (Å²) in [6, 6.07) is 5.08. The zero-order chi connectivity index (χ0) is 11.4. The Morgan fingerprint density at radius 2 is 1.87 bits per heavy atom. The lowest BCUT2D eigenvalue weighted by Gasteiger charge is -2.16. The lowest BCUT2D eigenvalue weighted by Crippen LogP contribution is -2.27. The van der Waals surface area contributed by atoms with Crippen molar-refractivity contribution in [1.82, 2.24) is 0 Å². The largest absolute Gasteiger partial charge is 0.390 e. The van der Waals surface area contributed by atoms with Crippen LogP contribution in [0.3, 0.4) is 0 Å². The van der Waals surface area contributed by atoms with E-state index in [1.165, 1.54) is 0 Å². The van der Waals surface area contributed by atoms with Crippen molar-refractivity contribution in [3.8, 4) is 0 Å². The van der Waals surface area contributed by atoms with E-state index in [0.29, 0.717) is 22.9 Å². The number of benzene rings is 1. The molecule has 0 spiro atoms. The molecule has 2 unspecified atom stereocenters. The predicted molar refractivity (Wildman–Crippen MR) is 62.5 cm³/mol. The van der Waals surface area contributed by atoms with Crippen molar-refractivity contribution in [3.63, 3.8) is 0 Å². The van der Waals surface area contributed by atoms with Gasteiger partial charge >= 0.3 is 0 Å². The van der Waals surface area contributed by atoms with E-state index in [0.717, 1.165) is 5.56 Å². The standard InChI is InChI=1S/C11H14Cl2O2/c1-2-10(14)11(15)6-7-5-8(12)3-4-9(7)13/h3-5,10-11,14-15H,2,6H2,1H3. The molecule has 15 heavy (non-hydrogen) atoms. The number of rotatable bonds is 4. The first-order valence-corrected chi connectivity index (χ1v) is 5.60. The molecule has 0 saturated carbocycles. The molecule has 84 valence electrons. The van der Waals surface area contributed by atoms with Crippen molar-refractivity contribution in [3.05, 3.63) is 33.8 Å². The van der Waals surface area contributed by atoms with Gasteiger partial charge in [0.05, 0.1) is 12.2 Å². The van der Waals surface area contributed by atoms with Gasteiger partial charge in [0.25, 0.3) is 0 Å². The van der Waals surface area contributed by atoms with Gasteiger partial charge in [-0.2, -0.15) is 0 Å². The van der Waals surface area contributed by atoms with Gasteiger partial charge in [-0.15, -0.1) is 0 Å². The Balaban J connectivity index is 2.75. The van der Waals surface area contributed by atoms with Crippen molar-refractivity contribution in [2.75, 3.05) is 0 Å². The minimum absolute atomic E-state index is 0.314. The highest BCUT2D eigenvalue weighted by Crippen LogP contribution is 2.22. The van der Waals surface area contributed by atoms with Crippen molar-refractivity contribution < 1.29 is 10.2 Å². The molecule has 0 fully saturated rings. The molecule has 0 amide bonds. The van der Waals surface area contributed by atoms with Gasteiger partial charge in [0, 0.05) is 16.5 Å². The third kappa shape index (κ3) is 3.65. The summed E-state index contributed by atoms with van der Waals surface area (Å²) in [5.74, 6) is 0. The van der Waals surface area contributed by atoms with Gasteiger partial charge in [-0.25, -0.2) is 0 Å². The van der Waals surface area contributed by atoms with Crippen LogP contribution >= 0.6 is 23.2 Å². The minimum atomic E-state index is -0.800. The summed E-state index contributed by atoms with van der Waals surface area (Å²) < 4.78 is 0. The summed E-state index contributed by atoms with van der Waals surface area (Å²) in [5, 5.41) is 20.2. The van der Waals surface area contributed by atoms with Gasteiger partial charge in [-0.3, -0.25) is 0 Å². The van der Waals surface area contributed by atoms with Crippen LogP contribution < -0.4 is 0 Å². The molecule has 0 radical (unpaired) electrons. The van der Waals surface area contributed by atoms with E-state index in [1.807, 2.05) is 6.92 Å². The van der Waals surface area contributed by atoms with Crippen LogP contribution in [-0.2, 0) is 6.42 Å². The molecule has 2 atom stereocenters. The Labute approximate surface area is 99.5 Å². The molecule has 0 aromatic heterocycles. The number of halogens is 2. The first kappa shape index (κ1) is 12.8. The van der Waals surface area contributed by atoms with Crippen LogP contribution in [0, 0.1) is 0 Å². The molecule has 1 aromatic carbocycles. The van der Waals surface area contributed by atoms with Crippen molar-refractivity contribution in [2.24, 2.45) is 0 Å². The van der Waals surface area contributed by atoms with Crippen molar-refractivity contribution >= 4 is 23.2 Å². The summed E-state index contributed by atoms with van der Waals surface area (Å²) in [6.07, 6.45) is -0.695. The monoisotopic (exact) mass is 248 g/mol. The predicted octanol–water partition coefficient (Wildman–Crippen LogP) is 2.67. The number of aliphatic hydroxyl groups excluding tert-OH is 2. The van der Waals surface area contributed by atoms with Gasteiger partial charge in [-0.1, -0.05) is 30.1 Å². The molecule has 2 nitrogen and oxygen atoms in total. The van der Waals surface area contributed by atoms with E-state index < -0.39 is 12.2 Å². The topological polar surface area (TPSA) is 40.5 Å². The number of aliphatic hydroxyl groups is 2. The molecular formula is C11H14Cl2O2. The fourth-order valence-corrected chi connectivity index (χ4v) is 1.72. The Morgan fingerprint density at radius 1 is 1.20 bits per heavy atom. The van der Waals surface area contributed by atoms with Crippen LogP contribution in [0.5, 0.6) is 0 Å². The second-order valence-corrected chi connectivity index (χ2v) is 4.33. The maximum absolute atomic E-state index is 9.63. The maximum atomic E-state index is 9.63. The normalized spacial score (nSPS) is 15.0. The fourth-order valence-electron chi connectivity index (χ4n) is 1.33. The molecule has 1 rings (SSSR count). The van der Waals surface area contributed by atoms with E-state index in [1.54, 1.807) is 18.2 Å². The van der Waals surface area contributed by atoms with E-state index in [9.17, 15) is 10.2 Å². The molecule has 1 aromatic rings. The van der Waals surface area contributed by atoms with E-state index >= 15 is 0 Å². The molecule has 4 heteroatoms. The van der Waals surface area contributed by atoms with Gasteiger partial charge in [0.15, 0.2) is 0 Å². The summed E-state index contributed by atoms with van der Waals surface area (Å²) in [4.78, 5) is 0. The smallest absolute Gasteiger partial charge is 0.0839 e. The molecule has 0 aliphatic carbocycles. The minimum Gasteiger partial charge on any atom is -0.390 e. The van der Waals surface area contributed by atoms with Gasteiger partial charge < -0.3 is 10.2 Å². The Hall–Kier alpha value is -0.280. The highest BCUT2D eigenvalue weighted by molar-refractivity contribution is 6.33. The van der Waals surface area contributed by atoms with E-state index in [2.05, 4.69) is 0 Å². The fraction of sp³-hybridized carbons (Fsp3) is 0.455. The first-order chi connectivity index (χ1) is 7.04. The third-order valence-electron chi connectivity index (χ3n) is 2.30. The van der Waals surface area contributed by atoms with Crippen LogP contribution in [0.25, 0.3) is 0 Å². The van der Waals surface area contributed by atoms with Crippen molar-refractivity contribution in [2.45, 2.75) is 32.0 Å². The van der Waals surface area contributed by atoms with Crippen LogP contribution in [-0.4, -0.2) is 22.4 Å². The molecular weight excluding hydrogens is 235 g/mol. The lowest BCUT2D eigenvalue weighted by atomic mass is 10.0. The van der Waals surface area contributed by atoms with E-state index in [4.69, 9.17) is 23.2 Å². The summed E-state index contributed by atoms with van der Waals surface area (Å²) in [6.45, 7) is 1.81. The van der Waals surface area contributed by atoms with Crippen LogP contribution in [0.1, 0.15) is 18.9 Å². The SMILES string of the molecule is CCC(O)C(O)Cc1cc(Cl)ccc1Cl. The third-order valence-corrected chi connectivity index (χ3v) is 2.90. The summed E-state index contributed by atoms with van der Waals surface area (Å²) >= 11 is 11.7. The Kier molecular flexibility index (Phi) is 4.87. The number of hydrogen-bond donors (Lipinski definition) is 2. The Morgan fingerprint density at radius 3 is 2.47 bits per heavy atom. The molecule has 0 bridgehead atoms. The van der Waals surface area contributed by atoms with Crippen LogP contribution in [0.2, 0.25) is 10.0 Å². The van der Waals surface area contributed by atoms with E-state index in [-0.39, 0.29) is 0 Å². The average Bonchev–Trinajstić information content (AvgIpc) is 2.22. The second-order valence-electron chi connectivity index (χ2n) is 3.48. The molecule has 0 aliphatic heterocycles. The second kappa shape index (κ2) is 5.71. The highest BCUT2D eigenvalue weighted by atomic mass is 35.5. The van der Waals surface area contributed by atoms with Crippen LogP contribution in [0.4, 0.5) is 0 Å². The number of hydrogen-bond acceptors (Lipinski definition) is 2. The van der Waals surface area contributed by atoms with Gasteiger partial charge in [-0.05, 0) is 30.2 Å². The average molecular weight is 249 g/mol. The Bertz CT molecular complexity index is 328. The molecule has 0 aliphatic rings. The molecule has 0 saturated heterocycles. The zero-order valence-electron chi connectivity index (χ0n) is 8.45. The van der Waals surface area contributed by atoms with Crippen molar-refractivity contribution in [1.29, 1.82) is 0 Å². The summed E-state index contributed by atoms with van der Waals surface area (Å²) in [5.41, 5.74) is 0.754. The maximum Gasteiger partial charge on any atom is 0.0839 e. The zero-order valence-corrected chi connectivity index (χ0v) is 9.96. The quantitative estimate of drug-likeness (QED) is 0.861. The van der Waals surface area contributed by atoms with Crippen LogP contribution in [0.15, 0.2) is 18.2 Å². The summed E-state index contributed by atoms with van der Waals surface area (Å²) in [7, 11) is 0. The molecule has 2 N–H and O–H groups in total. The highest BCUT2D eigenvalue weighted by Gasteiger charge is 2.16. The molecule has 0 heterocycles. The first-order valence-electron chi connectivity index (χ1n) is 4.84. The van der Waals surface area contributed by atoms with Gasteiger partial charge in [0.2, 0.25) is 0 Å². The van der Waals surface area contributed by atoms with Gasteiger partial charge in [0.1, 0.15) is 0 Å². The lowest BCUT2D eigenvalue weighted by molar-refractivity contribution is 0.0182.